The van der Waals surface area contributed by atoms with Crippen LogP contribution in [0.25, 0.3) is 10.9 Å². The second kappa shape index (κ2) is 14.0. The molecule has 0 saturated heterocycles. The number of hydrogen-bond acceptors (Lipinski definition) is 6. The average molecular weight is 646 g/mol. The summed E-state index contributed by atoms with van der Waals surface area (Å²) in [6, 6.07) is 31.1. The molecule has 234 valence electrons. The number of aromatic hydroxyl groups is 1. The number of halogens is 2. The minimum absolute atomic E-state index is 0.0116. The van der Waals surface area contributed by atoms with Crippen molar-refractivity contribution in [3.63, 3.8) is 0 Å². The predicted octanol–water partition coefficient (Wildman–Crippen LogP) is 5.49. The van der Waals surface area contributed by atoms with Crippen molar-refractivity contribution in [1.29, 1.82) is 0 Å². The zero-order valence-electron chi connectivity index (χ0n) is 25.6. The van der Waals surface area contributed by atoms with Gasteiger partial charge in [-0.2, -0.15) is 4.98 Å². The quantitative estimate of drug-likeness (QED) is 0.106. The lowest BCUT2D eigenvalue weighted by molar-refractivity contribution is 0.276. The Kier molecular flexibility index (Phi) is 10.0. The van der Waals surface area contributed by atoms with Crippen molar-refractivity contribution < 1.29 is 18.7 Å². The second-order valence-corrected chi connectivity index (χ2v) is 16.5. The molecule has 0 aliphatic carbocycles. The number of nitrogens with zero attached hydrogens (tertiary/aromatic N) is 2. The number of rotatable bonds is 12. The lowest BCUT2D eigenvalue weighted by Gasteiger charge is -2.43. The molecule has 10 heteroatoms. The molecular formula is C35H37ClFN3O4Si. The van der Waals surface area contributed by atoms with E-state index in [1.54, 1.807) is 0 Å². The van der Waals surface area contributed by atoms with E-state index in [0.29, 0.717) is 19.7 Å². The van der Waals surface area contributed by atoms with Crippen LogP contribution in [0.3, 0.4) is 0 Å². The van der Waals surface area contributed by atoms with Gasteiger partial charge < -0.3 is 24.2 Å². The smallest absolute Gasteiger partial charge is 0.261 e. The standard InChI is InChI=1S/C35H37ClFN3O4Si/c1-35(2,3)45(26-15-9-5-10-16-26,27-17-11-6-12-18-27)44-22-20-38-19-21-43-34-30-28(41)23-29(42)40(24-25-13-7-4-8-14-25)32(30)31(37)33(36)39-34/h4-18,23,38,41H,19-22,24H2,1-3H3. The Hall–Kier alpha value is -4.02. The largest absolute Gasteiger partial charge is 0.507 e. The van der Waals surface area contributed by atoms with E-state index in [-0.39, 0.29) is 35.0 Å². The number of fused-ring (bicyclic) bond motifs is 1. The summed E-state index contributed by atoms with van der Waals surface area (Å²) in [4.78, 5) is 16.9. The summed E-state index contributed by atoms with van der Waals surface area (Å²) in [5.41, 5.74) is 0.0509. The molecule has 2 aromatic heterocycles. The van der Waals surface area contributed by atoms with Gasteiger partial charge in [0.15, 0.2) is 11.0 Å². The Morgan fingerprint density at radius 3 is 2.04 bits per heavy atom. The molecule has 45 heavy (non-hydrogen) atoms. The van der Waals surface area contributed by atoms with Gasteiger partial charge in [0.25, 0.3) is 13.9 Å². The predicted molar refractivity (Wildman–Crippen MR) is 180 cm³/mol. The van der Waals surface area contributed by atoms with Gasteiger partial charge in [0.1, 0.15) is 17.7 Å². The SMILES string of the molecule is CC(C)(C)[Si](OCCNCCOc1nc(Cl)c(F)c2c1c(O)cc(=O)n2Cc1ccccc1)(c1ccccc1)c1ccccc1. The highest BCUT2D eigenvalue weighted by Crippen LogP contribution is 2.37. The lowest BCUT2D eigenvalue weighted by Crippen LogP contribution is -2.67. The summed E-state index contributed by atoms with van der Waals surface area (Å²) in [6.07, 6.45) is 0. The number of pyridine rings is 2. The van der Waals surface area contributed by atoms with Crippen molar-refractivity contribution in [1.82, 2.24) is 14.9 Å². The Labute approximate surface area is 268 Å². The molecule has 5 aromatic rings. The zero-order valence-corrected chi connectivity index (χ0v) is 27.4. The molecule has 0 aliphatic rings. The minimum atomic E-state index is -2.64. The van der Waals surface area contributed by atoms with Gasteiger partial charge in [0.2, 0.25) is 5.88 Å². The van der Waals surface area contributed by atoms with Crippen LogP contribution in [0.1, 0.15) is 26.3 Å². The van der Waals surface area contributed by atoms with Crippen LogP contribution in [0.2, 0.25) is 10.2 Å². The molecule has 0 unspecified atom stereocenters. The first-order valence-corrected chi connectivity index (χ1v) is 17.2. The van der Waals surface area contributed by atoms with Crippen LogP contribution in [-0.4, -0.2) is 49.3 Å². The Bertz CT molecular complexity index is 1760. The zero-order chi connectivity index (χ0) is 32.0. The van der Waals surface area contributed by atoms with E-state index in [1.807, 2.05) is 42.5 Å². The fourth-order valence-electron chi connectivity index (χ4n) is 5.77. The molecule has 0 saturated carbocycles. The fourth-order valence-corrected chi connectivity index (χ4v) is 10.5. The maximum Gasteiger partial charge on any atom is 0.261 e. The van der Waals surface area contributed by atoms with Crippen molar-refractivity contribution in [2.75, 3.05) is 26.3 Å². The first-order valence-electron chi connectivity index (χ1n) is 14.9. The highest BCUT2D eigenvalue weighted by atomic mass is 35.5. The van der Waals surface area contributed by atoms with Gasteiger partial charge in [0, 0.05) is 25.8 Å². The number of aromatic nitrogens is 2. The molecule has 0 fully saturated rings. The molecule has 2 N–H and O–H groups in total. The summed E-state index contributed by atoms with van der Waals surface area (Å²) < 4.78 is 29.3. The third-order valence-electron chi connectivity index (χ3n) is 7.81. The van der Waals surface area contributed by atoms with Crippen LogP contribution in [0.15, 0.2) is 102 Å². The van der Waals surface area contributed by atoms with Gasteiger partial charge in [-0.05, 0) is 21.0 Å². The van der Waals surface area contributed by atoms with E-state index >= 15 is 4.39 Å². The van der Waals surface area contributed by atoms with Gasteiger partial charge in [0.05, 0.1) is 12.1 Å². The van der Waals surface area contributed by atoms with Crippen molar-refractivity contribution in [2.24, 2.45) is 0 Å². The topological polar surface area (TPSA) is 85.6 Å². The van der Waals surface area contributed by atoms with E-state index in [4.69, 9.17) is 20.8 Å². The Morgan fingerprint density at radius 2 is 1.47 bits per heavy atom. The molecule has 0 aliphatic heterocycles. The third kappa shape index (κ3) is 6.82. The number of benzene rings is 3. The van der Waals surface area contributed by atoms with E-state index in [1.165, 1.54) is 14.9 Å². The Morgan fingerprint density at radius 1 is 0.911 bits per heavy atom. The fraction of sp³-hybridized carbons (Fsp3) is 0.257. The number of hydrogen-bond donors (Lipinski definition) is 2. The summed E-state index contributed by atoms with van der Waals surface area (Å²) in [5, 5.41) is 15.8. The number of ether oxygens (including phenoxy) is 1. The van der Waals surface area contributed by atoms with Crippen molar-refractivity contribution in [3.8, 4) is 11.6 Å². The normalized spacial score (nSPS) is 12.0. The first kappa shape index (κ1) is 32.4. The summed E-state index contributed by atoms with van der Waals surface area (Å²) in [5.74, 6) is -1.38. The molecule has 3 aromatic carbocycles. The van der Waals surface area contributed by atoms with Crippen LogP contribution in [0.5, 0.6) is 11.6 Å². The summed E-state index contributed by atoms with van der Waals surface area (Å²) in [7, 11) is -2.64. The van der Waals surface area contributed by atoms with Crippen molar-refractivity contribution >= 4 is 41.2 Å². The highest BCUT2D eigenvalue weighted by Gasteiger charge is 2.49. The summed E-state index contributed by atoms with van der Waals surface area (Å²) in [6.45, 7) is 8.41. The van der Waals surface area contributed by atoms with E-state index < -0.39 is 30.6 Å². The molecule has 0 bridgehead atoms. The van der Waals surface area contributed by atoms with Crippen LogP contribution in [0.4, 0.5) is 4.39 Å². The van der Waals surface area contributed by atoms with Crippen LogP contribution in [0, 0.1) is 5.82 Å². The van der Waals surface area contributed by atoms with Crippen molar-refractivity contribution in [3.05, 3.63) is 124 Å². The van der Waals surface area contributed by atoms with Crippen molar-refractivity contribution in [2.45, 2.75) is 32.4 Å². The van der Waals surface area contributed by atoms with Gasteiger partial charge >= 0.3 is 0 Å². The monoisotopic (exact) mass is 645 g/mol. The van der Waals surface area contributed by atoms with E-state index in [9.17, 15) is 9.90 Å². The molecule has 0 spiro atoms. The van der Waals surface area contributed by atoms with Gasteiger partial charge in [-0.15, -0.1) is 0 Å². The van der Waals surface area contributed by atoms with Gasteiger partial charge in [-0.25, -0.2) is 4.39 Å². The minimum Gasteiger partial charge on any atom is -0.507 e. The third-order valence-corrected chi connectivity index (χ3v) is 13.1. The maximum absolute atomic E-state index is 15.3. The summed E-state index contributed by atoms with van der Waals surface area (Å²) >= 11 is 6.14. The first-order chi connectivity index (χ1) is 21.6. The molecule has 5 rings (SSSR count). The van der Waals surface area contributed by atoms with Gasteiger partial charge in [-0.3, -0.25) is 4.79 Å². The van der Waals surface area contributed by atoms with Gasteiger partial charge in [-0.1, -0.05) is 123 Å². The molecule has 7 nitrogen and oxygen atoms in total. The van der Waals surface area contributed by atoms with Crippen LogP contribution < -0.4 is 26.0 Å². The maximum atomic E-state index is 15.3. The molecular weight excluding hydrogens is 609 g/mol. The second-order valence-electron chi connectivity index (χ2n) is 11.8. The van der Waals surface area contributed by atoms with E-state index in [2.05, 4.69) is 79.6 Å². The number of nitrogens with one attached hydrogen (secondary N) is 1. The molecule has 0 amide bonds. The highest BCUT2D eigenvalue weighted by molar-refractivity contribution is 6.99. The lowest BCUT2D eigenvalue weighted by atomic mass is 10.2. The average Bonchev–Trinajstić information content (AvgIpc) is 3.03. The van der Waals surface area contributed by atoms with Crippen LogP contribution in [-0.2, 0) is 11.0 Å². The Balaban J connectivity index is 1.29. The molecule has 0 radical (unpaired) electrons. The molecule has 2 heterocycles. The van der Waals surface area contributed by atoms with Crippen LogP contribution >= 0.6 is 11.6 Å². The van der Waals surface area contributed by atoms with E-state index in [0.717, 1.165) is 11.6 Å². The molecule has 0 atom stereocenters.